The van der Waals surface area contributed by atoms with Gasteiger partial charge in [0, 0.05) is 22.5 Å². The van der Waals surface area contributed by atoms with Crippen LogP contribution in [0.5, 0.6) is 0 Å². The third-order valence-corrected chi connectivity index (χ3v) is 5.44. The molecule has 3 aromatic rings. The van der Waals surface area contributed by atoms with E-state index in [-0.39, 0.29) is 10.8 Å². The molecule has 0 aliphatic heterocycles. The molecule has 0 aliphatic rings. The van der Waals surface area contributed by atoms with Gasteiger partial charge in [0.2, 0.25) is 0 Å². The third-order valence-electron chi connectivity index (χ3n) is 5.44. The Balaban J connectivity index is 2.15. The first-order valence-corrected chi connectivity index (χ1v) is 10.4. The fraction of sp³-hybridized carbons (Fsp3) is 0.308. The Bertz CT molecular complexity index is 924. The minimum absolute atomic E-state index is 0.0664. The van der Waals surface area contributed by atoms with Crippen molar-refractivity contribution in [3.63, 3.8) is 0 Å². The van der Waals surface area contributed by atoms with E-state index in [1.54, 1.807) is 6.07 Å². The molecule has 0 bridgehead atoms. The molecule has 0 aliphatic carbocycles. The van der Waals surface area contributed by atoms with Crippen molar-refractivity contribution in [1.29, 1.82) is 0 Å². The van der Waals surface area contributed by atoms with Gasteiger partial charge in [0.05, 0.1) is 0 Å². The van der Waals surface area contributed by atoms with Gasteiger partial charge < -0.3 is 14.9 Å². The summed E-state index contributed by atoms with van der Waals surface area (Å²) in [6.45, 7) is 13.2. The van der Waals surface area contributed by atoms with Crippen molar-refractivity contribution in [3.05, 3.63) is 83.9 Å². The van der Waals surface area contributed by atoms with E-state index in [4.69, 9.17) is 0 Å². The Morgan fingerprint density at radius 2 is 1.00 bits per heavy atom. The van der Waals surface area contributed by atoms with Crippen LogP contribution in [0.3, 0.4) is 0 Å². The zero-order valence-corrected chi connectivity index (χ0v) is 18.8. The molecular weight excluding hydrogens is 369 g/mol. The Morgan fingerprint density at radius 1 is 0.600 bits per heavy atom. The number of para-hydroxylation sites is 1. The summed E-state index contributed by atoms with van der Waals surface area (Å²) in [6.07, 6.45) is 0. The Kier molecular flexibility index (Phi) is 6.12. The minimum Gasteiger partial charge on any atom is -0.423 e. The summed E-state index contributed by atoms with van der Waals surface area (Å²) in [7, 11) is -1.55. The van der Waals surface area contributed by atoms with Gasteiger partial charge in [-0.1, -0.05) is 84.0 Å². The molecule has 0 fully saturated rings. The van der Waals surface area contributed by atoms with Crippen LogP contribution in [0.4, 0.5) is 17.1 Å². The van der Waals surface area contributed by atoms with Gasteiger partial charge in [0.1, 0.15) is 0 Å². The van der Waals surface area contributed by atoms with Gasteiger partial charge in [-0.25, -0.2) is 0 Å². The van der Waals surface area contributed by atoms with E-state index < -0.39 is 7.12 Å². The Hall–Kier alpha value is -2.56. The van der Waals surface area contributed by atoms with Crippen molar-refractivity contribution in [2.45, 2.75) is 52.4 Å². The first-order valence-electron chi connectivity index (χ1n) is 10.4. The second-order valence-electron chi connectivity index (χ2n) is 9.86. The summed E-state index contributed by atoms with van der Waals surface area (Å²) in [4.78, 5) is 2.08. The molecule has 0 saturated heterocycles. The van der Waals surface area contributed by atoms with Gasteiger partial charge in [-0.3, -0.25) is 0 Å². The number of anilines is 3. The zero-order chi connectivity index (χ0) is 22.1. The van der Waals surface area contributed by atoms with Crippen LogP contribution in [0.2, 0.25) is 0 Å². The van der Waals surface area contributed by atoms with Crippen molar-refractivity contribution in [2.24, 2.45) is 0 Å². The lowest BCUT2D eigenvalue weighted by Gasteiger charge is -2.29. The van der Waals surface area contributed by atoms with Crippen LogP contribution in [0.1, 0.15) is 52.7 Å². The molecule has 0 spiro atoms. The lowest BCUT2D eigenvalue weighted by Crippen LogP contribution is -2.34. The van der Waals surface area contributed by atoms with Crippen LogP contribution in [0, 0.1) is 0 Å². The van der Waals surface area contributed by atoms with Crippen LogP contribution in [0.25, 0.3) is 0 Å². The van der Waals surface area contributed by atoms with Gasteiger partial charge in [-0.2, -0.15) is 0 Å². The molecular formula is C26H32BNO2. The van der Waals surface area contributed by atoms with Crippen molar-refractivity contribution in [1.82, 2.24) is 0 Å². The average molecular weight is 401 g/mol. The fourth-order valence-electron chi connectivity index (χ4n) is 3.56. The number of hydrogen-bond acceptors (Lipinski definition) is 3. The van der Waals surface area contributed by atoms with Crippen LogP contribution in [-0.4, -0.2) is 17.2 Å². The smallest absolute Gasteiger partial charge is 0.423 e. The molecule has 0 radical (unpaired) electrons. The van der Waals surface area contributed by atoms with Gasteiger partial charge >= 0.3 is 7.12 Å². The third kappa shape index (κ3) is 4.77. The van der Waals surface area contributed by atoms with Crippen LogP contribution >= 0.6 is 0 Å². The van der Waals surface area contributed by atoms with Crippen LogP contribution < -0.4 is 10.4 Å². The minimum atomic E-state index is -1.55. The Morgan fingerprint density at radius 3 is 1.37 bits per heavy atom. The molecule has 0 saturated carbocycles. The quantitative estimate of drug-likeness (QED) is 0.573. The van der Waals surface area contributed by atoms with Crippen molar-refractivity contribution in [2.75, 3.05) is 4.90 Å². The van der Waals surface area contributed by atoms with Gasteiger partial charge in [0.25, 0.3) is 0 Å². The maximum absolute atomic E-state index is 9.98. The first-order chi connectivity index (χ1) is 14.0. The largest absolute Gasteiger partial charge is 0.490 e. The predicted molar refractivity (Wildman–Crippen MR) is 128 cm³/mol. The molecule has 0 atom stereocenters. The molecule has 2 N–H and O–H groups in total. The van der Waals surface area contributed by atoms with E-state index >= 15 is 0 Å². The molecule has 0 aromatic heterocycles. The number of hydrogen-bond donors (Lipinski definition) is 2. The second-order valence-corrected chi connectivity index (χ2v) is 9.86. The predicted octanol–water partition coefficient (Wildman–Crippen LogP) is 5.43. The SMILES string of the molecule is CC(C)(C)c1ccc(N(c2ccc(C(C)(C)C)cc2)c2ccccc2B(O)O)cc1. The highest BCUT2D eigenvalue weighted by atomic mass is 16.4. The van der Waals surface area contributed by atoms with Gasteiger partial charge in [-0.15, -0.1) is 0 Å². The maximum Gasteiger partial charge on any atom is 0.490 e. The van der Waals surface area contributed by atoms with Crippen molar-refractivity contribution >= 4 is 29.6 Å². The van der Waals surface area contributed by atoms with Gasteiger partial charge in [-0.05, 0) is 52.3 Å². The molecule has 3 nitrogen and oxygen atoms in total. The lowest BCUT2D eigenvalue weighted by molar-refractivity contribution is 0.426. The standard InChI is InChI=1S/C26H32BNO2/c1-25(2,3)19-11-15-21(16-12-19)28(24-10-8-7-9-23(24)27(29)30)22-17-13-20(14-18-22)26(4,5)6/h7-18,29-30H,1-6H3. The summed E-state index contributed by atoms with van der Waals surface area (Å²) in [6, 6.07) is 24.4. The van der Waals surface area contributed by atoms with E-state index in [9.17, 15) is 10.0 Å². The van der Waals surface area contributed by atoms with E-state index in [0.717, 1.165) is 17.1 Å². The molecule has 3 aromatic carbocycles. The molecule has 0 heterocycles. The number of benzene rings is 3. The second kappa shape index (κ2) is 8.29. The Labute approximate surface area is 181 Å². The highest BCUT2D eigenvalue weighted by Gasteiger charge is 2.23. The first kappa shape index (κ1) is 22.1. The molecule has 4 heteroatoms. The molecule has 0 amide bonds. The summed E-state index contributed by atoms with van der Waals surface area (Å²) >= 11 is 0. The van der Waals surface area contributed by atoms with E-state index in [1.807, 2.05) is 18.2 Å². The topological polar surface area (TPSA) is 43.7 Å². The highest BCUT2D eigenvalue weighted by molar-refractivity contribution is 6.60. The van der Waals surface area contributed by atoms with E-state index in [2.05, 4.69) is 95.0 Å². The normalized spacial score (nSPS) is 12.0. The number of nitrogens with zero attached hydrogens (tertiary/aromatic N) is 1. The molecule has 156 valence electrons. The summed E-state index contributed by atoms with van der Waals surface area (Å²) in [5.74, 6) is 0. The summed E-state index contributed by atoms with van der Waals surface area (Å²) in [5.41, 5.74) is 5.80. The van der Waals surface area contributed by atoms with Crippen molar-refractivity contribution < 1.29 is 10.0 Å². The zero-order valence-electron chi connectivity index (χ0n) is 18.8. The number of rotatable bonds is 4. The monoisotopic (exact) mass is 401 g/mol. The maximum atomic E-state index is 9.98. The lowest BCUT2D eigenvalue weighted by atomic mass is 9.78. The van der Waals surface area contributed by atoms with Crippen LogP contribution in [0.15, 0.2) is 72.8 Å². The molecule has 0 unspecified atom stereocenters. The summed E-state index contributed by atoms with van der Waals surface area (Å²) in [5, 5.41) is 20.0. The van der Waals surface area contributed by atoms with Crippen molar-refractivity contribution in [3.8, 4) is 0 Å². The van der Waals surface area contributed by atoms with Gasteiger partial charge in [0.15, 0.2) is 0 Å². The molecule has 30 heavy (non-hydrogen) atoms. The van der Waals surface area contributed by atoms with E-state index in [0.29, 0.717) is 5.46 Å². The van der Waals surface area contributed by atoms with Crippen LogP contribution in [-0.2, 0) is 10.8 Å². The average Bonchev–Trinajstić information content (AvgIpc) is 2.68. The highest BCUT2D eigenvalue weighted by Crippen LogP contribution is 2.36. The fourth-order valence-corrected chi connectivity index (χ4v) is 3.56. The summed E-state index contributed by atoms with van der Waals surface area (Å²) < 4.78 is 0. The van der Waals surface area contributed by atoms with E-state index in [1.165, 1.54) is 11.1 Å². The molecule has 3 rings (SSSR count).